The molecule has 6 heteroatoms. The van der Waals surface area contributed by atoms with Gasteiger partial charge >= 0.3 is 17.9 Å². The second kappa shape index (κ2) is 7.65. The molecule has 0 radical (unpaired) electrons. The summed E-state index contributed by atoms with van der Waals surface area (Å²) in [6.45, 7) is 5.62. The van der Waals surface area contributed by atoms with Crippen LogP contribution in [0, 0.1) is 5.92 Å². The van der Waals surface area contributed by atoms with E-state index in [9.17, 15) is 14.4 Å². The summed E-state index contributed by atoms with van der Waals surface area (Å²) in [6.07, 6.45) is -0.615. The molecular formula is C11H18O6. The minimum atomic E-state index is -0.615. The van der Waals surface area contributed by atoms with Crippen molar-refractivity contribution in [3.8, 4) is 0 Å². The number of carbonyl (C=O) groups excluding carboxylic acids is 3. The van der Waals surface area contributed by atoms with Crippen LogP contribution in [-0.4, -0.2) is 37.2 Å². The zero-order chi connectivity index (χ0) is 13.4. The fraction of sp³-hybridized carbons (Fsp3) is 0.727. The lowest BCUT2D eigenvalue weighted by Crippen LogP contribution is -2.33. The van der Waals surface area contributed by atoms with Crippen LogP contribution in [0.4, 0.5) is 0 Å². The Kier molecular flexibility index (Phi) is 6.93. The largest absolute Gasteiger partial charge is 0.465 e. The van der Waals surface area contributed by atoms with Gasteiger partial charge < -0.3 is 14.2 Å². The number of carbonyl (C=O) groups is 3. The highest BCUT2D eigenvalue weighted by Gasteiger charge is 2.22. The Morgan fingerprint density at radius 3 is 1.76 bits per heavy atom. The van der Waals surface area contributed by atoms with Crippen molar-refractivity contribution in [3.63, 3.8) is 0 Å². The summed E-state index contributed by atoms with van der Waals surface area (Å²) >= 11 is 0. The Labute approximate surface area is 100 Å². The van der Waals surface area contributed by atoms with Gasteiger partial charge in [-0.3, -0.25) is 14.4 Å². The zero-order valence-corrected chi connectivity index (χ0v) is 10.5. The Hall–Kier alpha value is -1.59. The van der Waals surface area contributed by atoms with Gasteiger partial charge in [-0.1, -0.05) is 6.92 Å². The summed E-state index contributed by atoms with van der Waals surface area (Å²) < 4.78 is 14.6. The van der Waals surface area contributed by atoms with Crippen molar-refractivity contribution in [1.82, 2.24) is 0 Å². The van der Waals surface area contributed by atoms with E-state index in [4.69, 9.17) is 14.2 Å². The van der Waals surface area contributed by atoms with Gasteiger partial charge in [0, 0.05) is 26.7 Å². The first kappa shape index (κ1) is 15.4. The monoisotopic (exact) mass is 246 g/mol. The van der Waals surface area contributed by atoms with Crippen LogP contribution in [0.15, 0.2) is 0 Å². The fourth-order valence-corrected chi connectivity index (χ4v) is 1.08. The topological polar surface area (TPSA) is 78.9 Å². The highest BCUT2D eigenvalue weighted by atomic mass is 16.6. The zero-order valence-electron chi connectivity index (χ0n) is 10.5. The normalized spacial score (nSPS) is 13.4. The molecule has 0 aliphatic heterocycles. The minimum Gasteiger partial charge on any atom is -0.465 e. The molecule has 98 valence electrons. The summed E-state index contributed by atoms with van der Waals surface area (Å²) in [5.41, 5.74) is 0. The molecule has 0 heterocycles. The van der Waals surface area contributed by atoms with E-state index in [2.05, 4.69) is 0 Å². The fourth-order valence-electron chi connectivity index (χ4n) is 1.08. The third kappa shape index (κ3) is 8.24. The van der Waals surface area contributed by atoms with Crippen molar-refractivity contribution in [1.29, 1.82) is 0 Å². The molecule has 0 rings (SSSR count). The molecular weight excluding hydrogens is 228 g/mol. The van der Waals surface area contributed by atoms with Crippen molar-refractivity contribution in [2.75, 3.05) is 13.2 Å². The summed E-state index contributed by atoms with van der Waals surface area (Å²) in [5, 5.41) is 0. The minimum absolute atomic E-state index is 0.0443. The molecule has 2 atom stereocenters. The number of esters is 3. The van der Waals surface area contributed by atoms with Gasteiger partial charge in [-0.25, -0.2) is 0 Å². The highest BCUT2D eigenvalue weighted by molar-refractivity contribution is 5.67. The first-order valence-electron chi connectivity index (χ1n) is 5.26. The molecule has 0 aliphatic carbocycles. The van der Waals surface area contributed by atoms with Crippen molar-refractivity contribution in [2.45, 2.75) is 33.8 Å². The Morgan fingerprint density at radius 1 is 0.882 bits per heavy atom. The number of ether oxygens (including phenoxy) is 3. The van der Waals surface area contributed by atoms with E-state index < -0.39 is 24.0 Å². The molecule has 0 unspecified atom stereocenters. The van der Waals surface area contributed by atoms with Gasteiger partial charge in [0.15, 0.2) is 0 Å². The molecule has 0 bridgehead atoms. The molecule has 0 aromatic rings. The molecule has 0 fully saturated rings. The third-order valence-corrected chi connectivity index (χ3v) is 1.95. The lowest BCUT2D eigenvalue weighted by atomic mass is 10.1. The smallest absolute Gasteiger partial charge is 0.303 e. The lowest BCUT2D eigenvalue weighted by molar-refractivity contribution is -0.162. The maximum Gasteiger partial charge on any atom is 0.303 e. The van der Waals surface area contributed by atoms with E-state index in [1.165, 1.54) is 20.8 Å². The van der Waals surface area contributed by atoms with Crippen LogP contribution in [0.3, 0.4) is 0 Å². The average molecular weight is 246 g/mol. The summed E-state index contributed by atoms with van der Waals surface area (Å²) in [5.74, 6) is -1.59. The second-order valence-corrected chi connectivity index (χ2v) is 3.73. The molecule has 17 heavy (non-hydrogen) atoms. The summed E-state index contributed by atoms with van der Waals surface area (Å²) in [7, 11) is 0. The number of rotatable bonds is 6. The number of hydrogen-bond donors (Lipinski definition) is 0. The van der Waals surface area contributed by atoms with Crippen LogP contribution in [-0.2, 0) is 28.6 Å². The van der Waals surface area contributed by atoms with Gasteiger partial charge in [0.05, 0.1) is 6.61 Å². The van der Waals surface area contributed by atoms with Crippen molar-refractivity contribution in [3.05, 3.63) is 0 Å². The van der Waals surface area contributed by atoms with E-state index in [-0.39, 0.29) is 19.1 Å². The Bertz CT molecular complexity index is 286. The molecule has 0 spiro atoms. The third-order valence-electron chi connectivity index (χ3n) is 1.95. The predicted octanol–water partition coefficient (Wildman–Crippen LogP) is 0.680. The van der Waals surface area contributed by atoms with Gasteiger partial charge in [-0.05, 0) is 0 Å². The van der Waals surface area contributed by atoms with Crippen LogP contribution in [0.2, 0.25) is 0 Å². The van der Waals surface area contributed by atoms with E-state index in [0.29, 0.717) is 0 Å². The predicted molar refractivity (Wildman–Crippen MR) is 58.0 cm³/mol. The van der Waals surface area contributed by atoms with Crippen LogP contribution in [0.25, 0.3) is 0 Å². The van der Waals surface area contributed by atoms with Crippen LogP contribution in [0.1, 0.15) is 27.7 Å². The molecule has 0 saturated heterocycles. The lowest BCUT2D eigenvalue weighted by Gasteiger charge is -2.22. The molecule has 0 aromatic heterocycles. The van der Waals surface area contributed by atoms with E-state index in [0.717, 1.165) is 0 Å². The maximum atomic E-state index is 10.9. The first-order chi connectivity index (χ1) is 7.82. The maximum absolute atomic E-state index is 10.9. The Morgan fingerprint density at radius 2 is 1.35 bits per heavy atom. The average Bonchev–Trinajstić information content (AvgIpc) is 2.19. The van der Waals surface area contributed by atoms with Gasteiger partial charge in [0.2, 0.25) is 0 Å². The highest BCUT2D eigenvalue weighted by Crippen LogP contribution is 2.10. The first-order valence-corrected chi connectivity index (χ1v) is 5.26. The SMILES string of the molecule is CC(=O)OC[C@H](OC(C)=O)[C@@H](C)COC(C)=O. The van der Waals surface area contributed by atoms with Crippen LogP contribution in [0.5, 0.6) is 0 Å². The Balaban J connectivity index is 4.27. The van der Waals surface area contributed by atoms with Crippen molar-refractivity contribution < 1.29 is 28.6 Å². The number of hydrogen-bond acceptors (Lipinski definition) is 6. The molecule has 6 nitrogen and oxygen atoms in total. The summed E-state index contributed by atoms with van der Waals surface area (Å²) in [4.78, 5) is 32.2. The summed E-state index contributed by atoms with van der Waals surface area (Å²) in [6, 6.07) is 0. The molecule has 0 aliphatic rings. The van der Waals surface area contributed by atoms with E-state index >= 15 is 0 Å². The second-order valence-electron chi connectivity index (χ2n) is 3.73. The van der Waals surface area contributed by atoms with Crippen molar-refractivity contribution in [2.24, 2.45) is 5.92 Å². The van der Waals surface area contributed by atoms with Gasteiger partial charge in [0.25, 0.3) is 0 Å². The van der Waals surface area contributed by atoms with Crippen LogP contribution >= 0.6 is 0 Å². The molecule has 0 saturated carbocycles. The molecule has 0 aromatic carbocycles. The molecule has 0 amide bonds. The van der Waals surface area contributed by atoms with E-state index in [1.54, 1.807) is 6.92 Å². The van der Waals surface area contributed by atoms with Crippen LogP contribution < -0.4 is 0 Å². The standard InChI is InChI=1S/C11H18O6/c1-7(5-15-8(2)12)11(17-10(4)14)6-16-9(3)13/h7,11H,5-6H2,1-4H3/t7-,11-/m0/s1. The van der Waals surface area contributed by atoms with Gasteiger partial charge in [-0.15, -0.1) is 0 Å². The van der Waals surface area contributed by atoms with Crippen molar-refractivity contribution >= 4 is 17.9 Å². The molecule has 0 N–H and O–H groups in total. The van der Waals surface area contributed by atoms with Gasteiger partial charge in [-0.2, -0.15) is 0 Å². The quantitative estimate of drug-likeness (QED) is 0.506. The van der Waals surface area contributed by atoms with E-state index in [1.807, 2.05) is 0 Å². The van der Waals surface area contributed by atoms with Gasteiger partial charge in [0.1, 0.15) is 12.7 Å².